The van der Waals surface area contributed by atoms with E-state index in [0.29, 0.717) is 0 Å². The van der Waals surface area contributed by atoms with Crippen molar-refractivity contribution in [1.82, 2.24) is 9.13 Å². The second-order valence-corrected chi connectivity index (χ2v) is 33.0. The standard InChI is InChI=1S/C64H42N2O.C58H38N2O/c1-3-11-43(12-4-1)47-27-33-53(34-28-47)65(55-37-38-56-51(41-55)32-40-63-64(56)58-16-8-10-18-62(58)67-63)54-35-29-48(30-36-54)46-21-19-44(20-22-46)45-23-25-49(26-24-45)50-31-39-61-59(42-50)57-15-7-9-17-60(57)66(61)52-13-5-2-6-14-52;1-2-10-39(11-3-1)42-22-30-46(31-23-42)59(49-36-28-45-29-37-57-58(53(45)38-49)52-14-6-9-17-56(52)61-57)47-32-24-43(25-33-47)40-18-20-41(21-19-40)44-26-34-48(35-27-44)60-54-15-7-4-12-50(54)51-13-5-8-16-55(51)60/h1-42H;1-38H. The molecule has 0 saturated carbocycles. The third-order valence-corrected chi connectivity index (χ3v) is 25.6. The van der Waals surface area contributed by atoms with E-state index in [1.807, 2.05) is 24.3 Å². The monoisotopic (exact) mass is 1630 g/mol. The lowest BCUT2D eigenvalue weighted by molar-refractivity contribution is 0.669. The molecule has 600 valence electrons. The Hall–Kier alpha value is -17.1. The number of nitrogens with zero attached hydrogens (tertiary/aromatic N) is 4. The van der Waals surface area contributed by atoms with Gasteiger partial charge in [0.25, 0.3) is 0 Å². The van der Waals surface area contributed by atoms with Crippen LogP contribution in [-0.2, 0) is 0 Å². The third kappa shape index (κ3) is 13.5. The molecule has 0 saturated heterocycles. The minimum absolute atomic E-state index is 0.899. The van der Waals surface area contributed by atoms with Crippen LogP contribution in [0.3, 0.4) is 0 Å². The van der Waals surface area contributed by atoms with E-state index in [9.17, 15) is 0 Å². The molecule has 0 radical (unpaired) electrons. The number of rotatable bonds is 15. The van der Waals surface area contributed by atoms with Gasteiger partial charge in [-0.1, -0.05) is 334 Å². The predicted octanol–water partition coefficient (Wildman–Crippen LogP) is 34.3. The molecule has 128 heavy (non-hydrogen) atoms. The van der Waals surface area contributed by atoms with E-state index in [2.05, 4.69) is 480 Å². The van der Waals surface area contributed by atoms with Crippen molar-refractivity contribution < 1.29 is 8.83 Å². The van der Waals surface area contributed by atoms with Crippen LogP contribution in [0.15, 0.2) is 494 Å². The number of furan rings is 2. The van der Waals surface area contributed by atoms with Gasteiger partial charge in [-0.05, 0) is 251 Å². The summed E-state index contributed by atoms with van der Waals surface area (Å²) in [5, 5.41) is 14.3. The van der Waals surface area contributed by atoms with E-state index >= 15 is 0 Å². The lowest BCUT2D eigenvalue weighted by atomic mass is 9.97. The van der Waals surface area contributed by atoms with Gasteiger partial charge in [0, 0.05) is 88.6 Å². The van der Waals surface area contributed by atoms with Crippen molar-refractivity contribution in [3.63, 3.8) is 0 Å². The zero-order chi connectivity index (χ0) is 84.5. The molecular formula is C122H80N4O2. The van der Waals surface area contributed by atoms with Crippen molar-refractivity contribution in [2.75, 3.05) is 9.80 Å². The number of hydrogen-bond acceptors (Lipinski definition) is 4. The number of hydrogen-bond donors (Lipinski definition) is 0. The Bertz CT molecular complexity index is 8420. The maximum absolute atomic E-state index is 6.30. The molecule has 0 atom stereocenters. The topological polar surface area (TPSA) is 42.6 Å². The maximum Gasteiger partial charge on any atom is 0.136 e. The first-order valence-electron chi connectivity index (χ1n) is 43.7. The molecule has 0 amide bonds. The number of fused-ring (bicyclic) bond motifs is 16. The second kappa shape index (κ2) is 31.7. The van der Waals surface area contributed by atoms with E-state index in [1.165, 1.54) is 149 Å². The Morgan fingerprint density at radius 1 is 0.148 bits per heavy atom. The molecule has 25 aromatic rings. The summed E-state index contributed by atoms with van der Waals surface area (Å²) in [5.74, 6) is 0. The summed E-state index contributed by atoms with van der Waals surface area (Å²) < 4.78 is 17.3. The van der Waals surface area contributed by atoms with Gasteiger partial charge in [-0.2, -0.15) is 0 Å². The largest absolute Gasteiger partial charge is 0.456 e. The van der Waals surface area contributed by atoms with Crippen LogP contribution in [0.4, 0.5) is 34.1 Å². The van der Waals surface area contributed by atoms with E-state index in [4.69, 9.17) is 8.83 Å². The summed E-state index contributed by atoms with van der Waals surface area (Å²) in [6, 6.07) is 175. The quantitative estimate of drug-likeness (QED) is 0.103. The molecule has 0 aliphatic rings. The number of para-hydroxylation sites is 6. The summed E-state index contributed by atoms with van der Waals surface area (Å²) in [6.45, 7) is 0. The molecule has 6 heteroatoms. The molecule has 0 aliphatic heterocycles. The lowest BCUT2D eigenvalue weighted by Gasteiger charge is -2.26. The number of anilines is 6. The average Bonchev–Trinajstić information content (AvgIpc) is 1.56. The van der Waals surface area contributed by atoms with Crippen molar-refractivity contribution in [3.05, 3.63) is 485 Å². The van der Waals surface area contributed by atoms with Gasteiger partial charge in [0.2, 0.25) is 0 Å². The molecule has 0 fully saturated rings. The Labute approximate surface area is 740 Å². The number of benzene rings is 21. The minimum atomic E-state index is 0.899. The fourth-order valence-corrected chi connectivity index (χ4v) is 19.3. The van der Waals surface area contributed by atoms with Crippen LogP contribution in [0, 0.1) is 0 Å². The molecule has 0 N–H and O–H groups in total. The Morgan fingerprint density at radius 3 is 0.859 bits per heavy atom. The van der Waals surface area contributed by atoms with Gasteiger partial charge in [-0.15, -0.1) is 0 Å². The van der Waals surface area contributed by atoms with Gasteiger partial charge < -0.3 is 27.8 Å². The van der Waals surface area contributed by atoms with Gasteiger partial charge in [-0.3, -0.25) is 0 Å². The van der Waals surface area contributed by atoms with Crippen molar-refractivity contribution in [2.45, 2.75) is 0 Å². The van der Waals surface area contributed by atoms with Crippen molar-refractivity contribution in [1.29, 1.82) is 0 Å². The Balaban J connectivity index is 0.000000143. The highest BCUT2D eigenvalue weighted by molar-refractivity contribution is 6.21. The number of aromatic nitrogens is 2. The van der Waals surface area contributed by atoms with Crippen LogP contribution in [0.2, 0.25) is 0 Å². The molecule has 0 aliphatic carbocycles. The first-order chi connectivity index (χ1) is 63.4. The molecule has 4 heterocycles. The van der Waals surface area contributed by atoms with Crippen molar-refractivity contribution in [2.24, 2.45) is 0 Å². The average molecular weight is 1630 g/mol. The molecular weight excluding hydrogens is 1550 g/mol. The highest BCUT2D eigenvalue weighted by Gasteiger charge is 2.22. The third-order valence-electron chi connectivity index (χ3n) is 25.6. The van der Waals surface area contributed by atoms with E-state index in [1.54, 1.807) is 0 Å². The van der Waals surface area contributed by atoms with Crippen molar-refractivity contribution >= 4 is 143 Å². The van der Waals surface area contributed by atoms with E-state index < -0.39 is 0 Å². The molecule has 4 aromatic heterocycles. The van der Waals surface area contributed by atoms with Gasteiger partial charge in [0.15, 0.2) is 0 Å². The van der Waals surface area contributed by atoms with E-state index in [-0.39, 0.29) is 0 Å². The smallest absolute Gasteiger partial charge is 0.136 e. The van der Waals surface area contributed by atoms with Crippen LogP contribution < -0.4 is 9.80 Å². The van der Waals surface area contributed by atoms with E-state index in [0.717, 1.165) is 83.7 Å². The van der Waals surface area contributed by atoms with Gasteiger partial charge in [0.05, 0.1) is 22.1 Å². The Morgan fingerprint density at radius 2 is 0.430 bits per heavy atom. The van der Waals surface area contributed by atoms with Crippen molar-refractivity contribution in [3.8, 4) is 89.3 Å². The first kappa shape index (κ1) is 74.7. The zero-order valence-corrected chi connectivity index (χ0v) is 69.8. The summed E-state index contributed by atoms with van der Waals surface area (Å²) in [7, 11) is 0. The SMILES string of the molecule is c1ccc(-c2ccc(N(c3ccc(-c4ccc(-c5ccc(-c6ccc7c(c6)c6ccccc6n7-c6ccccc6)cc5)cc4)cc3)c3ccc4c(ccc5oc6ccccc6c54)c3)cc2)cc1.c1ccc(-c2ccc(N(c3ccc(-c4ccc(-c5ccc(-n6c7ccccc7c7ccccc76)cc5)cc4)cc3)c3ccc4ccc5oc6ccccc6c5c4c3)cc2)cc1. The van der Waals surface area contributed by atoms with Gasteiger partial charge in [-0.25, -0.2) is 0 Å². The van der Waals surface area contributed by atoms with Crippen LogP contribution in [0.25, 0.3) is 198 Å². The lowest BCUT2D eigenvalue weighted by Crippen LogP contribution is -2.09. The summed E-state index contributed by atoms with van der Waals surface area (Å²) in [4.78, 5) is 4.70. The molecule has 0 spiro atoms. The molecule has 6 nitrogen and oxygen atoms in total. The van der Waals surface area contributed by atoms with Gasteiger partial charge >= 0.3 is 0 Å². The molecule has 21 aromatic carbocycles. The normalized spacial score (nSPS) is 11.6. The molecule has 0 bridgehead atoms. The van der Waals surface area contributed by atoms with Crippen LogP contribution in [-0.4, -0.2) is 9.13 Å². The fourth-order valence-electron chi connectivity index (χ4n) is 19.3. The first-order valence-corrected chi connectivity index (χ1v) is 43.7. The summed E-state index contributed by atoms with van der Waals surface area (Å²) >= 11 is 0. The van der Waals surface area contributed by atoms with Crippen LogP contribution in [0.1, 0.15) is 0 Å². The Kier molecular flexibility index (Phi) is 18.5. The molecule has 0 unspecified atom stereocenters. The molecule has 25 rings (SSSR count). The summed E-state index contributed by atoms with van der Waals surface area (Å²) in [6.07, 6.45) is 0. The minimum Gasteiger partial charge on any atom is -0.456 e. The van der Waals surface area contributed by atoms with Gasteiger partial charge in [0.1, 0.15) is 22.3 Å². The second-order valence-electron chi connectivity index (χ2n) is 33.0. The van der Waals surface area contributed by atoms with Crippen LogP contribution in [0.5, 0.6) is 0 Å². The fraction of sp³-hybridized carbons (Fsp3) is 0. The zero-order valence-electron chi connectivity index (χ0n) is 69.8. The summed E-state index contributed by atoms with van der Waals surface area (Å²) in [5.41, 5.74) is 34.0. The highest BCUT2D eigenvalue weighted by Crippen LogP contribution is 2.46. The predicted molar refractivity (Wildman–Crippen MR) is 539 cm³/mol. The maximum atomic E-state index is 6.30. The highest BCUT2D eigenvalue weighted by atomic mass is 16.3. The van der Waals surface area contributed by atoms with Crippen LogP contribution >= 0.6 is 0 Å².